The maximum atomic E-state index is 4.20. The van der Waals surface area contributed by atoms with E-state index in [4.69, 9.17) is 0 Å². The molecule has 0 aromatic carbocycles. The summed E-state index contributed by atoms with van der Waals surface area (Å²) >= 11 is 4.69. The SMILES string of the molecule is Cc1ccn(-c2nnc(Br)s2)n1. The summed E-state index contributed by atoms with van der Waals surface area (Å²) < 4.78 is 2.48. The van der Waals surface area contributed by atoms with Crippen molar-refractivity contribution in [3.63, 3.8) is 0 Å². The molecule has 2 heterocycles. The zero-order valence-corrected chi connectivity index (χ0v) is 8.63. The molecule has 0 N–H and O–H groups in total. The van der Waals surface area contributed by atoms with Crippen molar-refractivity contribution in [2.24, 2.45) is 0 Å². The third-order valence-corrected chi connectivity index (χ3v) is 2.65. The Hall–Kier alpha value is -0.750. The summed E-state index contributed by atoms with van der Waals surface area (Å²) in [7, 11) is 0. The smallest absolute Gasteiger partial charge is 0.212 e. The monoisotopic (exact) mass is 244 g/mol. The Morgan fingerprint density at radius 1 is 1.50 bits per heavy atom. The molecule has 0 aliphatic carbocycles. The molecule has 12 heavy (non-hydrogen) atoms. The Morgan fingerprint density at radius 3 is 2.83 bits per heavy atom. The largest absolute Gasteiger partial charge is 0.233 e. The number of aromatic nitrogens is 4. The van der Waals surface area contributed by atoms with Crippen LogP contribution in [0.15, 0.2) is 16.2 Å². The van der Waals surface area contributed by atoms with Crippen LogP contribution in [0, 0.1) is 6.92 Å². The highest BCUT2D eigenvalue weighted by Gasteiger charge is 2.03. The van der Waals surface area contributed by atoms with Crippen LogP contribution >= 0.6 is 27.3 Å². The normalized spacial score (nSPS) is 10.5. The lowest BCUT2D eigenvalue weighted by molar-refractivity contribution is 0.832. The molecule has 4 nitrogen and oxygen atoms in total. The average molecular weight is 245 g/mol. The highest BCUT2D eigenvalue weighted by molar-refractivity contribution is 9.11. The topological polar surface area (TPSA) is 43.6 Å². The van der Waals surface area contributed by atoms with E-state index in [2.05, 4.69) is 31.2 Å². The lowest BCUT2D eigenvalue weighted by Gasteiger charge is -1.89. The molecular weight excluding hydrogens is 240 g/mol. The first-order valence-corrected chi connectivity index (χ1v) is 4.88. The van der Waals surface area contributed by atoms with Gasteiger partial charge in [-0.3, -0.25) is 0 Å². The zero-order valence-electron chi connectivity index (χ0n) is 6.23. The third-order valence-electron chi connectivity index (χ3n) is 1.31. The summed E-state index contributed by atoms with van der Waals surface area (Å²) in [4.78, 5) is 0. The quantitative estimate of drug-likeness (QED) is 0.769. The highest BCUT2D eigenvalue weighted by atomic mass is 79.9. The molecule has 0 saturated heterocycles. The van der Waals surface area contributed by atoms with Gasteiger partial charge in [-0.25, -0.2) is 4.68 Å². The van der Waals surface area contributed by atoms with Gasteiger partial charge in [-0.15, -0.1) is 10.2 Å². The van der Waals surface area contributed by atoms with Crippen molar-refractivity contribution in [3.05, 3.63) is 21.9 Å². The minimum Gasteiger partial charge on any atom is -0.212 e. The number of hydrogen-bond donors (Lipinski definition) is 0. The van der Waals surface area contributed by atoms with Gasteiger partial charge in [-0.1, -0.05) is 11.3 Å². The van der Waals surface area contributed by atoms with Crippen LogP contribution < -0.4 is 0 Å². The summed E-state index contributed by atoms with van der Waals surface area (Å²) in [5.41, 5.74) is 0.973. The van der Waals surface area contributed by atoms with Gasteiger partial charge in [0.25, 0.3) is 0 Å². The predicted octanol–water partition coefficient (Wildman–Crippen LogP) is 1.79. The summed E-state index contributed by atoms with van der Waals surface area (Å²) in [6.45, 7) is 1.94. The van der Waals surface area contributed by atoms with Gasteiger partial charge in [0.15, 0.2) is 3.92 Å². The molecule has 6 heteroatoms. The van der Waals surface area contributed by atoms with Crippen molar-refractivity contribution in [2.75, 3.05) is 0 Å². The summed E-state index contributed by atoms with van der Waals surface area (Å²) in [6, 6.07) is 1.93. The Labute approximate surface area is 81.4 Å². The van der Waals surface area contributed by atoms with E-state index in [0.29, 0.717) is 0 Å². The second-order valence-corrected chi connectivity index (χ2v) is 4.47. The molecule has 0 unspecified atom stereocenters. The van der Waals surface area contributed by atoms with E-state index in [9.17, 15) is 0 Å². The molecule has 0 bridgehead atoms. The van der Waals surface area contributed by atoms with E-state index in [1.54, 1.807) is 4.68 Å². The van der Waals surface area contributed by atoms with Gasteiger partial charge >= 0.3 is 0 Å². The minimum absolute atomic E-state index is 0.769. The molecule has 2 aromatic heterocycles. The summed E-state index contributed by atoms with van der Waals surface area (Å²) in [5.74, 6) is 0. The van der Waals surface area contributed by atoms with E-state index in [0.717, 1.165) is 14.7 Å². The number of aryl methyl sites for hydroxylation is 1. The maximum Gasteiger partial charge on any atom is 0.233 e. The van der Waals surface area contributed by atoms with E-state index in [1.807, 2.05) is 19.2 Å². The average Bonchev–Trinajstić information content (AvgIpc) is 2.58. The fourth-order valence-electron chi connectivity index (χ4n) is 0.812. The van der Waals surface area contributed by atoms with Crippen molar-refractivity contribution in [1.29, 1.82) is 0 Å². The van der Waals surface area contributed by atoms with Crippen LogP contribution in [0.2, 0.25) is 0 Å². The molecule has 0 aliphatic heterocycles. The van der Waals surface area contributed by atoms with Gasteiger partial charge < -0.3 is 0 Å². The van der Waals surface area contributed by atoms with Crippen LogP contribution in [0.4, 0.5) is 0 Å². The van der Waals surface area contributed by atoms with Crippen LogP contribution in [0.3, 0.4) is 0 Å². The fraction of sp³-hybridized carbons (Fsp3) is 0.167. The zero-order chi connectivity index (χ0) is 8.55. The standard InChI is InChI=1S/C6H5BrN4S/c1-4-2-3-11(10-4)6-9-8-5(7)12-6/h2-3H,1H3. The van der Waals surface area contributed by atoms with Crippen molar-refractivity contribution in [1.82, 2.24) is 20.0 Å². The van der Waals surface area contributed by atoms with E-state index < -0.39 is 0 Å². The van der Waals surface area contributed by atoms with Crippen LogP contribution in [0.5, 0.6) is 0 Å². The Balaban J connectivity index is 2.43. The molecule has 0 fully saturated rings. The Bertz CT molecular complexity index is 355. The van der Waals surface area contributed by atoms with Crippen LogP contribution in [-0.2, 0) is 0 Å². The first-order chi connectivity index (χ1) is 5.75. The number of halogens is 1. The van der Waals surface area contributed by atoms with Gasteiger partial charge in [0.1, 0.15) is 0 Å². The molecule has 0 saturated carbocycles. The van der Waals surface area contributed by atoms with Gasteiger partial charge in [0.05, 0.1) is 5.69 Å². The molecule has 0 atom stereocenters. The van der Waals surface area contributed by atoms with Gasteiger partial charge in [-0.2, -0.15) is 5.10 Å². The Kier molecular flexibility index (Phi) is 1.93. The molecule has 0 aliphatic rings. The number of rotatable bonds is 1. The first kappa shape index (κ1) is 7.88. The molecule has 0 amide bonds. The fourth-order valence-corrected chi connectivity index (χ4v) is 1.84. The molecule has 0 radical (unpaired) electrons. The molecular formula is C6H5BrN4S. The second kappa shape index (κ2) is 2.95. The van der Waals surface area contributed by atoms with Crippen LogP contribution in [-0.4, -0.2) is 20.0 Å². The minimum atomic E-state index is 0.769. The van der Waals surface area contributed by atoms with E-state index in [1.165, 1.54) is 11.3 Å². The molecule has 0 spiro atoms. The van der Waals surface area contributed by atoms with Crippen molar-refractivity contribution in [2.45, 2.75) is 6.92 Å². The Morgan fingerprint density at radius 2 is 2.33 bits per heavy atom. The second-order valence-electron chi connectivity index (χ2n) is 2.24. The molecule has 62 valence electrons. The van der Waals surface area contributed by atoms with E-state index >= 15 is 0 Å². The lowest BCUT2D eigenvalue weighted by Crippen LogP contribution is -1.93. The first-order valence-electron chi connectivity index (χ1n) is 3.27. The predicted molar refractivity (Wildman–Crippen MR) is 49.5 cm³/mol. The van der Waals surface area contributed by atoms with Gasteiger partial charge in [-0.05, 0) is 28.9 Å². The lowest BCUT2D eigenvalue weighted by atomic mass is 10.5. The number of hydrogen-bond acceptors (Lipinski definition) is 4. The van der Waals surface area contributed by atoms with Gasteiger partial charge in [0.2, 0.25) is 5.13 Å². The summed E-state index contributed by atoms with van der Waals surface area (Å²) in [5, 5.41) is 12.7. The molecule has 2 rings (SSSR count). The van der Waals surface area contributed by atoms with Crippen LogP contribution in [0.1, 0.15) is 5.69 Å². The third kappa shape index (κ3) is 1.39. The van der Waals surface area contributed by atoms with Crippen molar-refractivity contribution >= 4 is 27.3 Å². The van der Waals surface area contributed by atoms with E-state index in [-0.39, 0.29) is 0 Å². The van der Waals surface area contributed by atoms with Gasteiger partial charge in [0, 0.05) is 6.20 Å². The van der Waals surface area contributed by atoms with Crippen molar-refractivity contribution in [3.8, 4) is 5.13 Å². The summed E-state index contributed by atoms with van der Waals surface area (Å²) in [6.07, 6.45) is 1.86. The number of nitrogens with zero attached hydrogens (tertiary/aromatic N) is 4. The maximum absolute atomic E-state index is 4.20. The van der Waals surface area contributed by atoms with Crippen LogP contribution in [0.25, 0.3) is 5.13 Å². The van der Waals surface area contributed by atoms with Crippen molar-refractivity contribution < 1.29 is 0 Å². The highest BCUT2D eigenvalue weighted by Crippen LogP contribution is 2.18. The molecule has 2 aromatic rings.